The van der Waals surface area contributed by atoms with Crippen LogP contribution in [0.4, 0.5) is 11.4 Å². The molecule has 3 heteroatoms. The molecule has 0 saturated heterocycles. The third kappa shape index (κ3) is 3.79. The van der Waals surface area contributed by atoms with Gasteiger partial charge in [0.15, 0.2) is 0 Å². The van der Waals surface area contributed by atoms with Crippen molar-refractivity contribution in [2.75, 3.05) is 11.3 Å². The maximum absolute atomic E-state index is 3.90. The second-order valence-corrected chi connectivity index (χ2v) is 11.5. The molecule has 1 N–H and O–H groups in total. The molecular weight excluding hydrogens is 432 g/mol. The summed E-state index contributed by atoms with van der Waals surface area (Å²) in [5.74, 6) is 0. The Morgan fingerprint density at radius 2 is 0.794 bits per heavy atom. The Balaban J connectivity index is 1.35. The standard InChI is InChI=1S/C31H26N2S/c1-34(30-14-8-9-15-31(30)34)32-33(28-20-16-26(17-21-28)24-10-4-2-5-11-24)29-22-18-27(19-23-29)25-12-6-3-7-13-25/h2-23,32H,1H3. The summed E-state index contributed by atoms with van der Waals surface area (Å²) in [4.78, 5) is 6.76. The molecular formula is C31H26N2S. The highest BCUT2D eigenvalue weighted by Gasteiger charge is 2.42. The third-order valence-corrected chi connectivity index (χ3v) is 9.24. The minimum atomic E-state index is -1.18. The average molecular weight is 459 g/mol. The van der Waals surface area contributed by atoms with Crippen molar-refractivity contribution in [3.05, 3.63) is 133 Å². The molecule has 0 aliphatic carbocycles. The molecule has 0 bridgehead atoms. The molecule has 34 heavy (non-hydrogen) atoms. The highest BCUT2D eigenvalue weighted by Crippen LogP contribution is 2.74. The van der Waals surface area contributed by atoms with Gasteiger partial charge in [-0.05, 0) is 64.9 Å². The van der Waals surface area contributed by atoms with E-state index in [9.17, 15) is 0 Å². The summed E-state index contributed by atoms with van der Waals surface area (Å²) in [7, 11) is -1.18. The number of hydrogen-bond donors (Lipinski definition) is 1. The quantitative estimate of drug-likeness (QED) is 0.203. The van der Waals surface area contributed by atoms with Gasteiger partial charge in [-0.2, -0.15) is 4.83 Å². The van der Waals surface area contributed by atoms with Crippen LogP contribution in [0.5, 0.6) is 0 Å². The van der Waals surface area contributed by atoms with Crippen LogP contribution in [0.3, 0.4) is 0 Å². The van der Waals surface area contributed by atoms with Crippen molar-refractivity contribution in [3.63, 3.8) is 0 Å². The number of anilines is 2. The maximum Gasteiger partial charge on any atom is 0.0587 e. The third-order valence-electron chi connectivity index (χ3n) is 6.43. The molecule has 1 aliphatic rings. The summed E-state index contributed by atoms with van der Waals surface area (Å²) in [6.07, 6.45) is 2.33. The first-order valence-corrected chi connectivity index (χ1v) is 13.5. The topological polar surface area (TPSA) is 15.3 Å². The zero-order chi connectivity index (χ0) is 23.0. The Morgan fingerprint density at radius 3 is 1.21 bits per heavy atom. The van der Waals surface area contributed by atoms with E-state index in [1.54, 1.807) is 0 Å². The lowest BCUT2D eigenvalue weighted by Gasteiger charge is -2.32. The summed E-state index contributed by atoms with van der Waals surface area (Å²) in [5, 5.41) is 2.25. The summed E-state index contributed by atoms with van der Waals surface area (Å²) in [6.45, 7) is 0. The van der Waals surface area contributed by atoms with Gasteiger partial charge < -0.3 is 0 Å². The summed E-state index contributed by atoms with van der Waals surface area (Å²) >= 11 is 0. The van der Waals surface area contributed by atoms with E-state index in [4.69, 9.17) is 0 Å². The number of benzene rings is 5. The Labute approximate surface area is 202 Å². The second kappa shape index (κ2) is 8.53. The fourth-order valence-electron chi connectivity index (χ4n) is 4.46. The number of nitrogens with zero attached hydrogens (tertiary/aromatic N) is 1. The number of fused-ring (bicyclic) bond motifs is 1. The molecule has 166 valence electrons. The summed E-state index contributed by atoms with van der Waals surface area (Å²) < 4.78 is 0. The molecule has 0 fully saturated rings. The monoisotopic (exact) mass is 458 g/mol. The van der Waals surface area contributed by atoms with Gasteiger partial charge >= 0.3 is 0 Å². The first-order chi connectivity index (χ1) is 16.7. The van der Waals surface area contributed by atoms with Crippen LogP contribution in [-0.2, 0) is 0 Å². The van der Waals surface area contributed by atoms with Gasteiger partial charge in [0.1, 0.15) is 0 Å². The molecule has 5 aromatic carbocycles. The molecule has 0 radical (unpaired) electrons. The van der Waals surface area contributed by atoms with Crippen LogP contribution >= 0.6 is 10.2 Å². The van der Waals surface area contributed by atoms with E-state index in [0.29, 0.717) is 0 Å². The fourth-order valence-corrected chi connectivity index (χ4v) is 7.11. The van der Waals surface area contributed by atoms with Crippen LogP contribution < -0.4 is 9.84 Å². The molecule has 1 heterocycles. The van der Waals surface area contributed by atoms with E-state index in [2.05, 4.69) is 150 Å². The Morgan fingerprint density at radius 1 is 0.441 bits per heavy atom. The second-order valence-electron chi connectivity index (χ2n) is 8.62. The molecule has 0 saturated carbocycles. The van der Waals surface area contributed by atoms with Gasteiger partial charge in [0.2, 0.25) is 0 Å². The highest BCUT2D eigenvalue weighted by atomic mass is 32.3. The van der Waals surface area contributed by atoms with E-state index < -0.39 is 10.2 Å². The zero-order valence-corrected chi connectivity index (χ0v) is 19.9. The van der Waals surface area contributed by atoms with E-state index >= 15 is 0 Å². The molecule has 0 unspecified atom stereocenters. The number of nitrogens with one attached hydrogen (secondary N) is 1. The smallest absolute Gasteiger partial charge is 0.0587 e. The van der Waals surface area contributed by atoms with Crippen molar-refractivity contribution < 1.29 is 0 Å². The molecule has 5 aromatic rings. The van der Waals surface area contributed by atoms with Crippen LogP contribution in [0.15, 0.2) is 143 Å². The van der Waals surface area contributed by atoms with Gasteiger partial charge in [-0.3, -0.25) is 5.01 Å². The van der Waals surface area contributed by atoms with E-state index in [-0.39, 0.29) is 0 Å². The van der Waals surface area contributed by atoms with Crippen molar-refractivity contribution in [2.24, 2.45) is 0 Å². The van der Waals surface area contributed by atoms with Gasteiger partial charge in [-0.25, -0.2) is 0 Å². The van der Waals surface area contributed by atoms with Crippen LogP contribution in [0, 0.1) is 0 Å². The zero-order valence-electron chi connectivity index (χ0n) is 19.1. The average Bonchev–Trinajstić information content (AvgIpc) is 3.52. The minimum Gasteiger partial charge on any atom is -0.268 e. The fraction of sp³-hybridized carbons (Fsp3) is 0.0323. The van der Waals surface area contributed by atoms with Gasteiger partial charge in [0, 0.05) is 9.79 Å². The first kappa shape index (κ1) is 20.8. The van der Waals surface area contributed by atoms with Crippen molar-refractivity contribution >= 4 is 21.6 Å². The van der Waals surface area contributed by atoms with Gasteiger partial charge in [0.25, 0.3) is 0 Å². The van der Waals surface area contributed by atoms with E-state index in [1.807, 2.05) is 0 Å². The SMILES string of the molecule is CS1(NN(c2ccc(-c3ccccc3)cc2)c2ccc(-c3ccccc3)cc2)c2ccccc21. The summed E-state index contributed by atoms with van der Waals surface area (Å²) in [6, 6.07) is 47.4. The van der Waals surface area contributed by atoms with Crippen LogP contribution in [0.2, 0.25) is 0 Å². The Bertz CT molecular complexity index is 1310. The van der Waals surface area contributed by atoms with Gasteiger partial charge in [-0.15, -0.1) is 10.2 Å². The first-order valence-electron chi connectivity index (χ1n) is 11.5. The highest BCUT2D eigenvalue weighted by molar-refractivity contribution is 8.36. The van der Waals surface area contributed by atoms with E-state index in [0.717, 1.165) is 11.4 Å². The number of hydrogen-bond acceptors (Lipinski definition) is 2. The van der Waals surface area contributed by atoms with Crippen LogP contribution in [0.25, 0.3) is 22.3 Å². The van der Waals surface area contributed by atoms with Crippen molar-refractivity contribution in [2.45, 2.75) is 9.79 Å². The molecule has 0 atom stereocenters. The molecule has 0 aromatic heterocycles. The van der Waals surface area contributed by atoms with Gasteiger partial charge in [0.05, 0.1) is 11.4 Å². The summed E-state index contributed by atoms with van der Waals surface area (Å²) in [5.41, 5.74) is 7.15. The van der Waals surface area contributed by atoms with E-state index in [1.165, 1.54) is 32.0 Å². The molecule has 1 aliphatic heterocycles. The van der Waals surface area contributed by atoms with Crippen molar-refractivity contribution in [1.29, 1.82) is 0 Å². The maximum atomic E-state index is 3.90. The predicted molar refractivity (Wildman–Crippen MR) is 146 cm³/mol. The number of rotatable bonds is 6. The minimum absolute atomic E-state index is 1.12. The lowest BCUT2D eigenvalue weighted by atomic mass is 10.0. The van der Waals surface area contributed by atoms with Crippen LogP contribution in [0.1, 0.15) is 0 Å². The Hall–Kier alpha value is -3.79. The molecule has 2 nitrogen and oxygen atoms in total. The molecule has 6 rings (SSSR count). The lowest BCUT2D eigenvalue weighted by molar-refractivity contribution is 0.986. The predicted octanol–water partition coefficient (Wildman–Crippen LogP) is 8.44. The van der Waals surface area contributed by atoms with Crippen LogP contribution in [-0.4, -0.2) is 6.26 Å². The molecule has 0 amide bonds. The van der Waals surface area contributed by atoms with Crippen molar-refractivity contribution in [1.82, 2.24) is 4.83 Å². The lowest BCUT2D eigenvalue weighted by Crippen LogP contribution is -2.32. The number of hydrazine groups is 1. The normalized spacial score (nSPS) is 14.1. The molecule has 0 spiro atoms. The Kier molecular flexibility index (Phi) is 5.21. The van der Waals surface area contributed by atoms with Crippen molar-refractivity contribution in [3.8, 4) is 22.3 Å². The van der Waals surface area contributed by atoms with Gasteiger partial charge in [-0.1, -0.05) is 97.1 Å². The largest absolute Gasteiger partial charge is 0.268 e.